The third-order valence-corrected chi connectivity index (χ3v) is 4.98. The molecule has 2 aromatic carbocycles. The summed E-state index contributed by atoms with van der Waals surface area (Å²) in [6, 6.07) is 15.8. The highest BCUT2D eigenvalue weighted by Crippen LogP contribution is 2.24. The van der Waals surface area contributed by atoms with E-state index in [9.17, 15) is 4.39 Å². The number of rotatable bonds is 6. The highest BCUT2D eigenvalue weighted by molar-refractivity contribution is 5.66. The van der Waals surface area contributed by atoms with E-state index in [2.05, 4.69) is 54.0 Å². The van der Waals surface area contributed by atoms with Gasteiger partial charge in [0.1, 0.15) is 5.82 Å². The van der Waals surface area contributed by atoms with Crippen molar-refractivity contribution in [2.75, 3.05) is 31.1 Å². The van der Waals surface area contributed by atoms with E-state index in [4.69, 9.17) is 0 Å². The lowest BCUT2D eigenvalue weighted by atomic mass is 9.99. The molecule has 0 aromatic heterocycles. The molecule has 0 fully saturated rings. The van der Waals surface area contributed by atoms with Crippen LogP contribution in [-0.2, 0) is 6.54 Å². The summed E-state index contributed by atoms with van der Waals surface area (Å²) in [6.45, 7) is 9.43. The smallest absolute Gasteiger partial charge is 0.123 e. The predicted octanol–water partition coefficient (Wildman–Crippen LogP) is 4.96. The van der Waals surface area contributed by atoms with Gasteiger partial charge in [-0.25, -0.2) is 4.39 Å². The van der Waals surface area contributed by atoms with Crippen molar-refractivity contribution in [1.82, 2.24) is 4.90 Å². The van der Waals surface area contributed by atoms with E-state index in [-0.39, 0.29) is 5.82 Å². The number of hydrogen-bond acceptors (Lipinski definition) is 2. The van der Waals surface area contributed by atoms with E-state index in [1.54, 1.807) is 12.1 Å². The number of benzene rings is 2. The molecular formula is C22H27FN2. The minimum absolute atomic E-state index is 0.171. The highest BCUT2D eigenvalue weighted by atomic mass is 19.1. The molecule has 3 heteroatoms. The first-order valence-electron chi connectivity index (χ1n) is 9.20. The number of hydrogen-bond donors (Lipinski definition) is 0. The van der Waals surface area contributed by atoms with E-state index in [1.165, 1.54) is 16.8 Å². The molecular weight excluding hydrogens is 311 g/mol. The van der Waals surface area contributed by atoms with Gasteiger partial charge in [-0.1, -0.05) is 30.3 Å². The Kier molecular flexibility index (Phi) is 5.87. The molecule has 0 radical (unpaired) electrons. The van der Waals surface area contributed by atoms with Crippen LogP contribution in [0.15, 0.2) is 54.6 Å². The molecule has 0 saturated carbocycles. The Labute approximate surface area is 150 Å². The average Bonchev–Trinajstić information content (AvgIpc) is 2.65. The summed E-state index contributed by atoms with van der Waals surface area (Å²) in [7, 11) is 0. The summed E-state index contributed by atoms with van der Waals surface area (Å²) in [6.07, 6.45) is 3.30. The molecule has 0 unspecified atom stereocenters. The van der Waals surface area contributed by atoms with Gasteiger partial charge in [0.25, 0.3) is 0 Å². The van der Waals surface area contributed by atoms with Crippen LogP contribution in [0.5, 0.6) is 0 Å². The molecule has 1 aliphatic rings. The van der Waals surface area contributed by atoms with Gasteiger partial charge in [0.15, 0.2) is 0 Å². The molecule has 0 atom stereocenters. The second kappa shape index (κ2) is 8.30. The molecule has 1 aliphatic heterocycles. The quantitative estimate of drug-likeness (QED) is 0.734. The average molecular weight is 338 g/mol. The lowest BCUT2D eigenvalue weighted by molar-refractivity contribution is 0.294. The number of anilines is 1. The largest absolute Gasteiger partial charge is 0.372 e. The van der Waals surface area contributed by atoms with Crippen LogP contribution in [0.4, 0.5) is 10.1 Å². The monoisotopic (exact) mass is 338 g/mol. The Morgan fingerprint density at radius 3 is 2.20 bits per heavy atom. The zero-order valence-corrected chi connectivity index (χ0v) is 15.2. The Hall–Kier alpha value is -2.13. The van der Waals surface area contributed by atoms with Gasteiger partial charge in [-0.05, 0) is 61.2 Å². The fourth-order valence-corrected chi connectivity index (χ4v) is 3.44. The van der Waals surface area contributed by atoms with E-state index in [0.29, 0.717) is 0 Å². The highest BCUT2D eigenvalue weighted by Gasteiger charge is 2.13. The SMILES string of the molecule is CCN(CC)c1ccc(CN2CC=C(c3ccc(F)cc3)CC2)cc1. The van der Waals surface area contributed by atoms with Gasteiger partial charge >= 0.3 is 0 Å². The molecule has 0 saturated heterocycles. The van der Waals surface area contributed by atoms with Crippen LogP contribution in [0.25, 0.3) is 5.57 Å². The Morgan fingerprint density at radius 2 is 1.64 bits per heavy atom. The molecule has 1 heterocycles. The molecule has 0 aliphatic carbocycles. The molecule has 0 amide bonds. The Bertz CT molecular complexity index is 700. The fourth-order valence-electron chi connectivity index (χ4n) is 3.44. The zero-order chi connectivity index (χ0) is 17.6. The van der Waals surface area contributed by atoms with Crippen molar-refractivity contribution in [2.24, 2.45) is 0 Å². The first-order chi connectivity index (χ1) is 12.2. The molecule has 3 rings (SSSR count). The summed E-state index contributed by atoms with van der Waals surface area (Å²) >= 11 is 0. The van der Waals surface area contributed by atoms with Gasteiger partial charge < -0.3 is 4.90 Å². The summed E-state index contributed by atoms with van der Waals surface area (Å²) < 4.78 is 13.1. The van der Waals surface area contributed by atoms with Crippen LogP contribution in [0.1, 0.15) is 31.4 Å². The maximum atomic E-state index is 13.1. The summed E-state index contributed by atoms with van der Waals surface area (Å²) in [5, 5.41) is 0. The van der Waals surface area contributed by atoms with Crippen molar-refractivity contribution in [3.8, 4) is 0 Å². The van der Waals surface area contributed by atoms with Crippen molar-refractivity contribution in [3.63, 3.8) is 0 Å². The summed E-state index contributed by atoms with van der Waals surface area (Å²) in [5.41, 5.74) is 5.12. The van der Waals surface area contributed by atoms with Gasteiger partial charge in [-0.15, -0.1) is 0 Å². The standard InChI is InChI=1S/C22H27FN2/c1-3-25(4-2)22-11-5-18(6-12-22)17-24-15-13-20(14-16-24)19-7-9-21(23)10-8-19/h5-13H,3-4,14-17H2,1-2H3. The van der Waals surface area contributed by atoms with Crippen LogP contribution < -0.4 is 4.90 Å². The molecule has 0 spiro atoms. The first-order valence-corrected chi connectivity index (χ1v) is 9.20. The number of nitrogens with zero attached hydrogens (tertiary/aromatic N) is 2. The normalized spacial score (nSPS) is 15.1. The van der Waals surface area contributed by atoms with Crippen molar-refractivity contribution < 1.29 is 4.39 Å². The third kappa shape index (κ3) is 4.49. The summed E-state index contributed by atoms with van der Waals surface area (Å²) in [5.74, 6) is -0.171. The zero-order valence-electron chi connectivity index (χ0n) is 15.2. The maximum absolute atomic E-state index is 13.1. The van der Waals surface area contributed by atoms with Gasteiger partial charge in [-0.3, -0.25) is 4.90 Å². The van der Waals surface area contributed by atoms with Crippen LogP contribution in [0.3, 0.4) is 0 Å². The second-order valence-electron chi connectivity index (χ2n) is 6.56. The molecule has 0 N–H and O–H groups in total. The maximum Gasteiger partial charge on any atom is 0.123 e. The van der Waals surface area contributed by atoms with Crippen LogP contribution >= 0.6 is 0 Å². The minimum Gasteiger partial charge on any atom is -0.372 e. The van der Waals surface area contributed by atoms with E-state index < -0.39 is 0 Å². The molecule has 2 aromatic rings. The van der Waals surface area contributed by atoms with Crippen LogP contribution in [0, 0.1) is 5.82 Å². The minimum atomic E-state index is -0.171. The van der Waals surface area contributed by atoms with Crippen molar-refractivity contribution >= 4 is 11.3 Å². The van der Waals surface area contributed by atoms with Gasteiger partial charge in [0.05, 0.1) is 0 Å². The van der Waals surface area contributed by atoms with E-state index >= 15 is 0 Å². The Morgan fingerprint density at radius 1 is 0.960 bits per heavy atom. The Balaban J connectivity index is 1.59. The molecule has 25 heavy (non-hydrogen) atoms. The van der Waals surface area contributed by atoms with E-state index in [1.807, 2.05) is 12.1 Å². The number of halogens is 1. The van der Waals surface area contributed by atoms with Gasteiger partial charge in [-0.2, -0.15) is 0 Å². The third-order valence-electron chi connectivity index (χ3n) is 4.98. The molecule has 2 nitrogen and oxygen atoms in total. The van der Waals surface area contributed by atoms with Crippen molar-refractivity contribution in [2.45, 2.75) is 26.8 Å². The van der Waals surface area contributed by atoms with Gasteiger partial charge in [0.2, 0.25) is 0 Å². The topological polar surface area (TPSA) is 6.48 Å². The molecule has 0 bridgehead atoms. The van der Waals surface area contributed by atoms with Crippen LogP contribution in [-0.4, -0.2) is 31.1 Å². The van der Waals surface area contributed by atoms with Gasteiger partial charge in [0, 0.05) is 38.4 Å². The van der Waals surface area contributed by atoms with Crippen molar-refractivity contribution in [3.05, 3.63) is 71.6 Å². The van der Waals surface area contributed by atoms with Crippen molar-refractivity contribution in [1.29, 1.82) is 0 Å². The predicted molar refractivity (Wildman–Crippen MR) is 104 cm³/mol. The second-order valence-corrected chi connectivity index (χ2v) is 6.56. The van der Waals surface area contributed by atoms with E-state index in [0.717, 1.165) is 44.7 Å². The fraction of sp³-hybridized carbons (Fsp3) is 0.364. The lowest BCUT2D eigenvalue weighted by Crippen LogP contribution is -2.28. The van der Waals surface area contributed by atoms with Crippen LogP contribution in [0.2, 0.25) is 0 Å². The molecule has 132 valence electrons. The lowest BCUT2D eigenvalue weighted by Gasteiger charge is -2.27. The summed E-state index contributed by atoms with van der Waals surface area (Å²) in [4.78, 5) is 4.82. The first kappa shape index (κ1) is 17.7.